The Hall–Kier alpha value is -3.92. The first-order valence-corrected chi connectivity index (χ1v) is 11.0. The van der Waals surface area contributed by atoms with Crippen molar-refractivity contribution in [3.8, 4) is 16.9 Å². The monoisotopic (exact) mass is 435 g/mol. The van der Waals surface area contributed by atoms with Gasteiger partial charge in [-0.05, 0) is 49.2 Å². The van der Waals surface area contributed by atoms with E-state index in [2.05, 4.69) is 20.0 Å². The Kier molecular flexibility index (Phi) is 4.36. The maximum absolute atomic E-state index is 12.7. The van der Waals surface area contributed by atoms with E-state index < -0.39 is 16.0 Å². The second kappa shape index (κ2) is 7.10. The van der Waals surface area contributed by atoms with E-state index in [1.165, 1.54) is 16.8 Å². The largest absolute Gasteiger partial charge is 0.476 e. The summed E-state index contributed by atoms with van der Waals surface area (Å²) >= 11 is 0. The number of para-hydroxylation sites is 1. The molecule has 0 bridgehead atoms. The zero-order chi connectivity index (χ0) is 21.6. The number of benzene rings is 2. The molecule has 156 valence electrons. The minimum absolute atomic E-state index is 0.00991. The molecule has 0 spiro atoms. The summed E-state index contributed by atoms with van der Waals surface area (Å²) in [5.74, 6) is -1.10. The predicted molar refractivity (Wildman–Crippen MR) is 113 cm³/mol. The highest BCUT2D eigenvalue weighted by atomic mass is 32.2. The fourth-order valence-electron chi connectivity index (χ4n) is 3.77. The van der Waals surface area contributed by atoms with E-state index in [1.807, 2.05) is 0 Å². The minimum atomic E-state index is -3.77. The molecule has 0 radical (unpaired) electrons. The molecule has 2 aromatic heterocycles. The van der Waals surface area contributed by atoms with Gasteiger partial charge in [-0.2, -0.15) is 10.2 Å². The van der Waals surface area contributed by atoms with Crippen molar-refractivity contribution in [1.29, 1.82) is 0 Å². The molecule has 1 aliphatic carbocycles. The zero-order valence-electron chi connectivity index (χ0n) is 16.1. The van der Waals surface area contributed by atoms with Crippen LogP contribution in [0.2, 0.25) is 0 Å². The summed E-state index contributed by atoms with van der Waals surface area (Å²) in [6.45, 7) is 0. The molecule has 0 fully saturated rings. The molecule has 0 unspecified atom stereocenters. The van der Waals surface area contributed by atoms with Crippen molar-refractivity contribution in [3.63, 3.8) is 0 Å². The third-order valence-electron chi connectivity index (χ3n) is 5.20. The number of anilines is 1. The quantitative estimate of drug-likeness (QED) is 0.442. The van der Waals surface area contributed by atoms with Gasteiger partial charge in [0, 0.05) is 22.5 Å². The molecule has 9 nitrogen and oxygen atoms in total. The maximum Gasteiger partial charge on any atom is 0.356 e. The fraction of sp³-hybridized carbons (Fsp3) is 0.0952. The Morgan fingerprint density at radius 3 is 2.52 bits per heavy atom. The second-order valence-corrected chi connectivity index (χ2v) is 8.80. The van der Waals surface area contributed by atoms with Crippen LogP contribution in [0.25, 0.3) is 16.9 Å². The van der Waals surface area contributed by atoms with Crippen LogP contribution in [0, 0.1) is 0 Å². The number of fused-ring (bicyclic) bond motifs is 3. The van der Waals surface area contributed by atoms with E-state index in [9.17, 15) is 18.3 Å². The predicted octanol–water partition coefficient (Wildman–Crippen LogP) is 2.86. The number of carbonyl (C=O) groups is 1. The lowest BCUT2D eigenvalue weighted by Crippen LogP contribution is -2.13. The van der Waals surface area contributed by atoms with E-state index in [0.29, 0.717) is 35.5 Å². The Balaban J connectivity index is 1.55. The van der Waals surface area contributed by atoms with E-state index in [1.54, 1.807) is 48.7 Å². The van der Waals surface area contributed by atoms with Gasteiger partial charge in [0.15, 0.2) is 5.69 Å². The molecule has 31 heavy (non-hydrogen) atoms. The number of aryl methyl sites for hydroxylation is 1. The van der Waals surface area contributed by atoms with Gasteiger partial charge in [0.25, 0.3) is 10.0 Å². The second-order valence-electron chi connectivity index (χ2n) is 7.12. The Bertz CT molecular complexity index is 1390. The van der Waals surface area contributed by atoms with Gasteiger partial charge >= 0.3 is 5.97 Å². The van der Waals surface area contributed by atoms with Crippen LogP contribution >= 0.6 is 0 Å². The highest BCUT2D eigenvalue weighted by molar-refractivity contribution is 7.92. The first kappa shape index (κ1) is 19.1. The van der Waals surface area contributed by atoms with Crippen molar-refractivity contribution in [3.05, 3.63) is 77.7 Å². The SMILES string of the molecule is O=C(O)c1nn(-c2ccc(S(=O)(=O)Nc3ccccc3)cc2)c2c1CCc1[nH]ncc1-2. The van der Waals surface area contributed by atoms with Crippen molar-refractivity contribution in [2.75, 3.05) is 4.72 Å². The van der Waals surface area contributed by atoms with Crippen LogP contribution in [0.15, 0.2) is 65.7 Å². The van der Waals surface area contributed by atoms with Crippen LogP contribution in [0.4, 0.5) is 5.69 Å². The molecule has 3 N–H and O–H groups in total. The van der Waals surface area contributed by atoms with E-state index >= 15 is 0 Å². The molecular formula is C21H17N5O4S. The van der Waals surface area contributed by atoms with Crippen molar-refractivity contribution in [2.24, 2.45) is 0 Å². The first-order chi connectivity index (χ1) is 14.9. The van der Waals surface area contributed by atoms with Gasteiger partial charge in [-0.3, -0.25) is 9.82 Å². The molecule has 10 heteroatoms. The standard InChI is InChI=1S/C21H17N5O4S/c27-21(28)19-16-10-11-18-17(12-22-23-18)20(16)26(24-19)14-6-8-15(9-7-14)31(29,30)25-13-4-2-1-3-5-13/h1-9,12,25H,10-11H2,(H,22,23)(H,27,28). The number of hydrogen-bond donors (Lipinski definition) is 3. The number of H-pyrrole nitrogens is 1. The van der Waals surface area contributed by atoms with Gasteiger partial charge in [-0.15, -0.1) is 0 Å². The van der Waals surface area contributed by atoms with Gasteiger partial charge in [-0.1, -0.05) is 18.2 Å². The molecule has 0 saturated heterocycles. The maximum atomic E-state index is 12.7. The van der Waals surface area contributed by atoms with Crippen LogP contribution in [0.3, 0.4) is 0 Å². The van der Waals surface area contributed by atoms with E-state index in [0.717, 1.165) is 11.3 Å². The lowest BCUT2D eigenvalue weighted by Gasteiger charge is -2.15. The van der Waals surface area contributed by atoms with Gasteiger partial charge in [0.1, 0.15) is 0 Å². The molecule has 5 rings (SSSR count). The van der Waals surface area contributed by atoms with Gasteiger partial charge in [-0.25, -0.2) is 17.9 Å². The molecule has 1 aliphatic rings. The van der Waals surface area contributed by atoms with E-state index in [4.69, 9.17) is 0 Å². The number of nitrogens with zero attached hydrogens (tertiary/aromatic N) is 3. The summed E-state index contributed by atoms with van der Waals surface area (Å²) in [7, 11) is -3.77. The van der Waals surface area contributed by atoms with Crippen molar-refractivity contribution < 1.29 is 18.3 Å². The number of carboxylic acid groups (broad SMARTS) is 1. The summed E-state index contributed by atoms with van der Waals surface area (Å²) in [5.41, 5.74) is 4.02. The molecule has 0 aliphatic heterocycles. The summed E-state index contributed by atoms with van der Waals surface area (Å²) < 4.78 is 29.4. The molecule has 0 atom stereocenters. The van der Waals surface area contributed by atoms with Gasteiger partial charge in [0.05, 0.1) is 22.5 Å². The van der Waals surface area contributed by atoms with Crippen LogP contribution < -0.4 is 4.72 Å². The highest BCUT2D eigenvalue weighted by Crippen LogP contribution is 2.36. The minimum Gasteiger partial charge on any atom is -0.476 e. The normalized spacial score (nSPS) is 12.8. The van der Waals surface area contributed by atoms with E-state index in [-0.39, 0.29) is 10.6 Å². The summed E-state index contributed by atoms with van der Waals surface area (Å²) in [4.78, 5) is 11.8. The Morgan fingerprint density at radius 2 is 1.81 bits per heavy atom. The summed E-state index contributed by atoms with van der Waals surface area (Å²) in [6, 6.07) is 14.8. The van der Waals surface area contributed by atoms with Crippen LogP contribution in [0.1, 0.15) is 21.7 Å². The topological polar surface area (TPSA) is 130 Å². The fourth-order valence-corrected chi connectivity index (χ4v) is 4.83. The number of sulfonamides is 1. The Labute approximate surface area is 177 Å². The number of aromatic carboxylic acids is 1. The smallest absolute Gasteiger partial charge is 0.356 e. The summed E-state index contributed by atoms with van der Waals surface area (Å²) in [5, 5.41) is 20.9. The highest BCUT2D eigenvalue weighted by Gasteiger charge is 2.30. The molecule has 4 aromatic rings. The van der Waals surface area contributed by atoms with Gasteiger partial charge in [0.2, 0.25) is 0 Å². The van der Waals surface area contributed by atoms with Crippen molar-refractivity contribution in [1.82, 2.24) is 20.0 Å². The average Bonchev–Trinajstić information content (AvgIpc) is 3.38. The molecule has 2 aromatic carbocycles. The number of rotatable bonds is 5. The van der Waals surface area contributed by atoms with Crippen LogP contribution in [-0.2, 0) is 22.9 Å². The lowest BCUT2D eigenvalue weighted by molar-refractivity contribution is 0.0688. The van der Waals surface area contributed by atoms with Crippen molar-refractivity contribution in [2.45, 2.75) is 17.7 Å². The van der Waals surface area contributed by atoms with Crippen LogP contribution in [-0.4, -0.2) is 39.5 Å². The molecular weight excluding hydrogens is 418 g/mol. The number of hydrogen-bond acceptors (Lipinski definition) is 5. The third kappa shape index (κ3) is 3.26. The number of carboxylic acids is 1. The van der Waals surface area contributed by atoms with Crippen molar-refractivity contribution >= 4 is 21.7 Å². The number of nitrogens with one attached hydrogen (secondary N) is 2. The molecule has 0 saturated carbocycles. The van der Waals surface area contributed by atoms with Gasteiger partial charge < -0.3 is 5.11 Å². The third-order valence-corrected chi connectivity index (χ3v) is 6.60. The first-order valence-electron chi connectivity index (χ1n) is 9.50. The molecule has 2 heterocycles. The average molecular weight is 435 g/mol. The molecule has 0 amide bonds. The Morgan fingerprint density at radius 1 is 1.06 bits per heavy atom. The number of aromatic nitrogens is 4. The summed E-state index contributed by atoms with van der Waals surface area (Å²) in [6.07, 6.45) is 2.83. The lowest BCUT2D eigenvalue weighted by atomic mass is 9.94. The number of aromatic amines is 1. The zero-order valence-corrected chi connectivity index (χ0v) is 16.9. The van der Waals surface area contributed by atoms with Crippen LogP contribution in [0.5, 0.6) is 0 Å².